The zero-order valence-corrected chi connectivity index (χ0v) is 17.9. The Kier molecular flexibility index (Phi) is 6.18. The van der Waals surface area contributed by atoms with E-state index in [4.69, 9.17) is 0 Å². The molecule has 0 spiro atoms. The molecule has 0 fully saturated rings. The van der Waals surface area contributed by atoms with Crippen LogP contribution in [0.15, 0.2) is 41.8 Å². The number of fused-ring (bicyclic) bond motifs is 1. The number of aromatic nitrogens is 4. The number of aliphatic imine (C=N–C) groups is 1. The van der Waals surface area contributed by atoms with Gasteiger partial charge in [-0.25, -0.2) is 28.1 Å². The largest absolute Gasteiger partial charge is 0.320 e. The number of pyridine rings is 1. The summed E-state index contributed by atoms with van der Waals surface area (Å²) >= 11 is 1.48. The van der Waals surface area contributed by atoms with E-state index in [1.54, 1.807) is 12.4 Å². The molecular weight excluding hydrogens is 424 g/mol. The second kappa shape index (κ2) is 9.00. The van der Waals surface area contributed by atoms with Crippen LogP contribution in [0.5, 0.6) is 0 Å². The van der Waals surface area contributed by atoms with Gasteiger partial charge in [-0.3, -0.25) is 5.10 Å². The van der Waals surface area contributed by atoms with Crippen molar-refractivity contribution >= 4 is 42.7 Å². The molecule has 4 N–H and O–H groups in total. The van der Waals surface area contributed by atoms with Crippen molar-refractivity contribution in [3.05, 3.63) is 36.8 Å². The Bertz CT molecular complexity index is 1170. The summed E-state index contributed by atoms with van der Waals surface area (Å²) in [4.78, 5) is 14.5. The molecule has 3 aromatic rings. The van der Waals surface area contributed by atoms with Crippen molar-refractivity contribution in [2.75, 3.05) is 31.2 Å². The molecule has 0 bridgehead atoms. The summed E-state index contributed by atoms with van der Waals surface area (Å²) in [7, 11) is -3.15. The number of nitrogens with zero attached hydrogens (tertiary/aromatic N) is 4. The summed E-state index contributed by atoms with van der Waals surface area (Å²) in [6.45, 7) is 1.67. The van der Waals surface area contributed by atoms with Gasteiger partial charge in [-0.05, 0) is 18.1 Å². The molecule has 1 unspecified atom stereocenters. The molecule has 30 heavy (non-hydrogen) atoms. The molecule has 0 aromatic carbocycles. The van der Waals surface area contributed by atoms with Crippen molar-refractivity contribution in [2.45, 2.75) is 6.42 Å². The first-order chi connectivity index (χ1) is 14.5. The van der Waals surface area contributed by atoms with E-state index < -0.39 is 10.0 Å². The lowest BCUT2D eigenvalue weighted by atomic mass is 10.0. The Balaban J connectivity index is 1.32. The summed E-state index contributed by atoms with van der Waals surface area (Å²) in [5.74, 6) is 1.11. The minimum absolute atomic E-state index is 0.267. The number of hydrogen-bond acceptors (Lipinski definition) is 9. The molecule has 0 saturated carbocycles. The molecule has 12 heteroatoms. The molecule has 1 atom stereocenters. The highest BCUT2D eigenvalue weighted by molar-refractivity contribution is 7.88. The van der Waals surface area contributed by atoms with E-state index in [0.717, 1.165) is 51.8 Å². The fourth-order valence-corrected chi connectivity index (χ4v) is 4.34. The summed E-state index contributed by atoms with van der Waals surface area (Å²) in [6.07, 6.45) is 9.27. The number of H-pyrrole nitrogens is 1. The van der Waals surface area contributed by atoms with E-state index >= 15 is 0 Å². The second-order valence-electron chi connectivity index (χ2n) is 6.90. The molecule has 10 nitrogen and oxygen atoms in total. The first-order valence-corrected chi connectivity index (χ1v) is 12.1. The van der Waals surface area contributed by atoms with Crippen LogP contribution in [0.2, 0.25) is 0 Å². The SMILES string of the molecule is CS(=O)(=O)NCCNCC1C=CN=C(Nc2nc3ccc(-c4cn[nH]c4)nc3s2)C1. The van der Waals surface area contributed by atoms with Crippen molar-refractivity contribution in [1.29, 1.82) is 0 Å². The molecular formula is C18H22N8O2S2. The molecule has 4 rings (SSSR count). The lowest BCUT2D eigenvalue weighted by Gasteiger charge is -2.18. The van der Waals surface area contributed by atoms with Crippen LogP contribution in [0.25, 0.3) is 21.6 Å². The van der Waals surface area contributed by atoms with Crippen molar-refractivity contribution in [1.82, 2.24) is 30.2 Å². The predicted molar refractivity (Wildman–Crippen MR) is 119 cm³/mol. The molecule has 0 saturated heterocycles. The number of thiazole rings is 1. The third-order valence-electron chi connectivity index (χ3n) is 4.42. The lowest BCUT2D eigenvalue weighted by molar-refractivity contribution is 0.555. The Morgan fingerprint density at radius 2 is 2.17 bits per heavy atom. The number of rotatable bonds is 8. The normalized spacial score (nSPS) is 16.7. The van der Waals surface area contributed by atoms with Crippen LogP contribution in [0, 0.1) is 5.92 Å². The highest BCUT2D eigenvalue weighted by Crippen LogP contribution is 2.28. The molecule has 1 aliphatic rings. The number of sulfonamides is 1. The standard InChI is InChI=1S/C18H22N8O2S2/c1-30(27,28)23-7-6-19-9-12-4-5-20-16(8-12)26-18-25-15-3-2-14(24-17(15)29-18)13-10-21-22-11-13/h2-5,10-12,19,23H,6-9H2,1H3,(H,21,22)(H,20,25,26). The Hall–Kier alpha value is -2.67. The molecule has 1 aliphatic heterocycles. The fourth-order valence-electron chi connectivity index (χ4n) is 3.01. The average molecular weight is 447 g/mol. The lowest BCUT2D eigenvalue weighted by Crippen LogP contribution is -2.34. The maximum Gasteiger partial charge on any atom is 0.208 e. The molecule has 158 valence electrons. The zero-order chi connectivity index (χ0) is 21.0. The van der Waals surface area contributed by atoms with Crippen LogP contribution in [0.1, 0.15) is 6.42 Å². The van der Waals surface area contributed by atoms with E-state index in [1.165, 1.54) is 11.3 Å². The number of hydrogen-bond donors (Lipinski definition) is 4. The van der Waals surface area contributed by atoms with Crippen LogP contribution in [0.4, 0.5) is 5.13 Å². The van der Waals surface area contributed by atoms with Gasteiger partial charge in [0.25, 0.3) is 0 Å². The quantitative estimate of drug-likeness (QED) is 0.385. The van der Waals surface area contributed by atoms with Crippen LogP contribution < -0.4 is 15.4 Å². The van der Waals surface area contributed by atoms with Crippen LogP contribution >= 0.6 is 11.3 Å². The van der Waals surface area contributed by atoms with E-state index in [9.17, 15) is 8.42 Å². The zero-order valence-electron chi connectivity index (χ0n) is 16.3. The first-order valence-electron chi connectivity index (χ1n) is 9.39. The summed E-state index contributed by atoms with van der Waals surface area (Å²) < 4.78 is 24.6. The van der Waals surface area contributed by atoms with Gasteiger partial charge in [-0.1, -0.05) is 17.4 Å². The summed E-state index contributed by atoms with van der Waals surface area (Å²) in [5.41, 5.74) is 2.61. The van der Waals surface area contributed by atoms with Gasteiger partial charge in [-0.2, -0.15) is 5.10 Å². The summed E-state index contributed by atoms with van der Waals surface area (Å²) in [5, 5.41) is 14.1. The molecule has 0 aliphatic carbocycles. The molecule has 0 radical (unpaired) electrons. The second-order valence-corrected chi connectivity index (χ2v) is 9.71. The third kappa shape index (κ3) is 5.48. The third-order valence-corrected chi connectivity index (χ3v) is 6.03. The minimum Gasteiger partial charge on any atom is -0.320 e. The van der Waals surface area contributed by atoms with Gasteiger partial charge in [0.2, 0.25) is 10.0 Å². The summed E-state index contributed by atoms with van der Waals surface area (Å²) in [6, 6.07) is 3.88. The Morgan fingerprint density at radius 3 is 2.97 bits per heavy atom. The van der Waals surface area contributed by atoms with Gasteiger partial charge in [0, 0.05) is 44.0 Å². The smallest absolute Gasteiger partial charge is 0.208 e. The van der Waals surface area contributed by atoms with Gasteiger partial charge >= 0.3 is 0 Å². The van der Waals surface area contributed by atoms with Crippen molar-refractivity contribution in [3.8, 4) is 11.3 Å². The van der Waals surface area contributed by atoms with Gasteiger partial charge in [0.1, 0.15) is 16.2 Å². The van der Waals surface area contributed by atoms with Crippen LogP contribution in [-0.4, -0.2) is 60.3 Å². The highest BCUT2D eigenvalue weighted by Gasteiger charge is 2.15. The number of aromatic amines is 1. The van der Waals surface area contributed by atoms with Gasteiger partial charge < -0.3 is 10.6 Å². The molecule has 0 amide bonds. The van der Waals surface area contributed by atoms with Gasteiger partial charge in [0.05, 0.1) is 18.1 Å². The first kappa shape index (κ1) is 20.6. The van der Waals surface area contributed by atoms with Crippen molar-refractivity contribution in [2.24, 2.45) is 10.9 Å². The van der Waals surface area contributed by atoms with E-state index in [-0.39, 0.29) is 5.92 Å². The average Bonchev–Trinajstić information content (AvgIpc) is 3.36. The van der Waals surface area contributed by atoms with E-state index in [1.807, 2.05) is 24.4 Å². The number of anilines is 1. The van der Waals surface area contributed by atoms with Gasteiger partial charge in [0.15, 0.2) is 5.13 Å². The predicted octanol–water partition coefficient (Wildman–Crippen LogP) is 1.56. The number of nitrogens with one attached hydrogen (secondary N) is 4. The monoisotopic (exact) mass is 446 g/mol. The number of amidine groups is 1. The maximum atomic E-state index is 11.1. The van der Waals surface area contributed by atoms with E-state index in [0.29, 0.717) is 13.1 Å². The Morgan fingerprint density at radius 1 is 1.27 bits per heavy atom. The van der Waals surface area contributed by atoms with Gasteiger partial charge in [-0.15, -0.1) is 0 Å². The van der Waals surface area contributed by atoms with Crippen LogP contribution in [0.3, 0.4) is 0 Å². The highest BCUT2D eigenvalue weighted by atomic mass is 32.2. The van der Waals surface area contributed by atoms with Crippen LogP contribution in [-0.2, 0) is 10.0 Å². The maximum absolute atomic E-state index is 11.1. The topological polar surface area (TPSA) is 137 Å². The van der Waals surface area contributed by atoms with Crippen molar-refractivity contribution < 1.29 is 8.42 Å². The molecule has 4 heterocycles. The molecule has 3 aromatic heterocycles. The minimum atomic E-state index is -3.15. The fraction of sp³-hybridized carbons (Fsp3) is 0.333. The van der Waals surface area contributed by atoms with E-state index in [2.05, 4.69) is 40.5 Å². The Labute approximate surface area is 178 Å². The van der Waals surface area contributed by atoms with Crippen molar-refractivity contribution in [3.63, 3.8) is 0 Å².